The molecule has 2 heterocycles. The van der Waals surface area contributed by atoms with E-state index >= 15 is 0 Å². The zero-order chi connectivity index (χ0) is 27.8. The van der Waals surface area contributed by atoms with Gasteiger partial charge in [0.1, 0.15) is 0 Å². The molecule has 0 atom stereocenters. The lowest BCUT2D eigenvalue weighted by atomic mass is 10.0. The third kappa shape index (κ3) is 6.96. The monoisotopic (exact) mass is 578 g/mol. The lowest BCUT2D eigenvalue weighted by molar-refractivity contribution is -0.468. The molecule has 4 rings (SSSR count). The highest BCUT2D eigenvalue weighted by Crippen LogP contribution is 2.41. The summed E-state index contributed by atoms with van der Waals surface area (Å²) in [6.45, 7) is -0.994. The Labute approximate surface area is 234 Å². The van der Waals surface area contributed by atoms with Crippen molar-refractivity contribution in [2.75, 3.05) is 13.1 Å². The Hall–Kier alpha value is -4.33. The number of aromatic nitrogens is 2. The van der Waals surface area contributed by atoms with E-state index in [2.05, 4.69) is 9.97 Å². The van der Waals surface area contributed by atoms with E-state index in [0.717, 1.165) is 9.75 Å². The minimum Gasteiger partial charge on any atom is -0.289 e. The summed E-state index contributed by atoms with van der Waals surface area (Å²) in [6, 6.07) is 10.6. The molecule has 0 unspecified atom stereocenters. The standard InChI is InChI=1S/C26H18N4O6S3/c31-19(7-3-11-29(33)34)25-17(23-13-27-15-37-23)5-1-9-21(25)39-22-10-2-6-18(24-14-28-16-38-24)26(22)20(32)8-4-12-30(35)36/h1-10,13-16H,11-12H2/b7-3+,8-4+. The molecule has 2 aromatic heterocycles. The Bertz CT molecular complexity index is 1460. The van der Waals surface area contributed by atoms with Gasteiger partial charge in [0.05, 0.1) is 20.8 Å². The largest absolute Gasteiger partial charge is 0.289 e. The fourth-order valence-electron chi connectivity index (χ4n) is 3.63. The average molecular weight is 579 g/mol. The third-order valence-electron chi connectivity index (χ3n) is 5.21. The van der Waals surface area contributed by atoms with Crippen molar-refractivity contribution in [3.63, 3.8) is 0 Å². The first-order chi connectivity index (χ1) is 18.8. The SMILES string of the molecule is O=C(/C=C/C[N+](=O)[O-])c1c(Sc2cccc(-c3cncs3)c2C(=O)/C=C/C[N+](=O)[O-])cccc1-c1cncs1. The number of allylic oxidation sites excluding steroid dienone is 2. The lowest BCUT2D eigenvalue weighted by Crippen LogP contribution is -2.04. The second-order valence-electron chi connectivity index (χ2n) is 7.75. The van der Waals surface area contributed by atoms with Gasteiger partial charge in [-0.25, -0.2) is 0 Å². The second-order valence-corrected chi connectivity index (χ2v) is 10.6. The summed E-state index contributed by atoms with van der Waals surface area (Å²) in [5.41, 5.74) is 5.12. The van der Waals surface area contributed by atoms with Crippen molar-refractivity contribution in [1.29, 1.82) is 0 Å². The molecule has 0 aliphatic carbocycles. The van der Waals surface area contributed by atoms with Crippen molar-refractivity contribution >= 4 is 46.0 Å². The van der Waals surface area contributed by atoms with Crippen LogP contribution in [0.3, 0.4) is 0 Å². The van der Waals surface area contributed by atoms with Crippen molar-refractivity contribution in [3.05, 3.63) is 115 Å². The molecule has 0 radical (unpaired) electrons. The molecule has 39 heavy (non-hydrogen) atoms. The summed E-state index contributed by atoms with van der Waals surface area (Å²) < 4.78 is 0. The van der Waals surface area contributed by atoms with Gasteiger partial charge in [0.15, 0.2) is 11.6 Å². The summed E-state index contributed by atoms with van der Waals surface area (Å²) in [7, 11) is 0. The van der Waals surface area contributed by atoms with Gasteiger partial charge in [-0.15, -0.1) is 22.7 Å². The van der Waals surface area contributed by atoms with Crippen molar-refractivity contribution in [2.24, 2.45) is 0 Å². The summed E-state index contributed by atoms with van der Waals surface area (Å²) in [5, 5.41) is 21.6. The molecule has 0 amide bonds. The molecule has 2 aromatic carbocycles. The Balaban J connectivity index is 1.84. The van der Waals surface area contributed by atoms with E-state index in [-0.39, 0.29) is 0 Å². The molecule has 0 saturated heterocycles. The molecule has 4 aromatic rings. The molecule has 0 spiro atoms. The van der Waals surface area contributed by atoms with Crippen LogP contribution in [0.25, 0.3) is 20.9 Å². The third-order valence-corrected chi connectivity index (χ3v) is 7.94. The number of benzene rings is 2. The number of carbonyl (C=O) groups excluding carboxylic acids is 2. The number of ketones is 2. The van der Waals surface area contributed by atoms with E-state index in [1.165, 1.54) is 58.7 Å². The predicted molar refractivity (Wildman–Crippen MR) is 150 cm³/mol. The quantitative estimate of drug-likeness (QED) is 0.0840. The number of rotatable bonds is 12. The van der Waals surface area contributed by atoms with Crippen LogP contribution in [0.15, 0.2) is 93.9 Å². The fraction of sp³-hybridized carbons (Fsp3) is 0.0769. The molecule has 0 bridgehead atoms. The Kier molecular flexibility index (Phi) is 9.20. The summed E-state index contributed by atoms with van der Waals surface area (Å²) in [6.07, 6.45) is 8.00. The molecule has 0 aliphatic heterocycles. The average Bonchev–Trinajstić information content (AvgIpc) is 3.63. The van der Waals surface area contributed by atoms with Crippen LogP contribution in [0.4, 0.5) is 0 Å². The molecule has 0 saturated carbocycles. The molecule has 0 N–H and O–H groups in total. The Morgan fingerprint density at radius 3 is 1.56 bits per heavy atom. The molecular formula is C26H18N4O6S3. The van der Waals surface area contributed by atoms with Crippen LogP contribution in [0, 0.1) is 20.2 Å². The zero-order valence-electron chi connectivity index (χ0n) is 20.0. The van der Waals surface area contributed by atoms with Crippen LogP contribution >= 0.6 is 34.4 Å². The van der Waals surface area contributed by atoms with Crippen molar-refractivity contribution in [3.8, 4) is 20.9 Å². The van der Waals surface area contributed by atoms with Gasteiger partial charge in [0.25, 0.3) is 0 Å². The maximum Gasteiger partial charge on any atom is 0.222 e. The van der Waals surface area contributed by atoms with Crippen LogP contribution < -0.4 is 0 Å². The Morgan fingerprint density at radius 2 is 1.21 bits per heavy atom. The van der Waals surface area contributed by atoms with E-state index < -0.39 is 34.5 Å². The van der Waals surface area contributed by atoms with Gasteiger partial charge in [-0.05, 0) is 36.4 Å². The zero-order valence-corrected chi connectivity index (χ0v) is 22.4. The minimum atomic E-state index is -0.538. The predicted octanol–water partition coefficient (Wildman–Crippen LogP) is 6.12. The highest BCUT2D eigenvalue weighted by Gasteiger charge is 2.22. The molecular weight excluding hydrogens is 561 g/mol. The van der Waals surface area contributed by atoms with E-state index in [0.29, 0.717) is 32.0 Å². The van der Waals surface area contributed by atoms with Crippen molar-refractivity contribution in [1.82, 2.24) is 9.97 Å². The number of thiazole rings is 2. The van der Waals surface area contributed by atoms with Crippen molar-refractivity contribution < 1.29 is 19.4 Å². The minimum absolute atomic E-state index is 0.317. The van der Waals surface area contributed by atoms with Crippen LogP contribution in [0.5, 0.6) is 0 Å². The second kappa shape index (κ2) is 13.0. The van der Waals surface area contributed by atoms with Gasteiger partial charge in [-0.3, -0.25) is 39.8 Å². The summed E-state index contributed by atoms with van der Waals surface area (Å²) in [4.78, 5) is 57.9. The molecule has 13 heteroatoms. The number of nitrogens with zero attached hydrogens (tertiary/aromatic N) is 4. The highest BCUT2D eigenvalue weighted by atomic mass is 32.2. The number of hydrogen-bond acceptors (Lipinski definition) is 11. The molecule has 0 fully saturated rings. The van der Waals surface area contributed by atoms with E-state index in [4.69, 9.17) is 0 Å². The molecule has 196 valence electrons. The normalized spacial score (nSPS) is 11.3. The highest BCUT2D eigenvalue weighted by molar-refractivity contribution is 7.99. The van der Waals surface area contributed by atoms with Gasteiger partial charge in [0.2, 0.25) is 13.1 Å². The smallest absolute Gasteiger partial charge is 0.222 e. The van der Waals surface area contributed by atoms with Gasteiger partial charge >= 0.3 is 0 Å². The van der Waals surface area contributed by atoms with E-state index in [1.54, 1.807) is 59.8 Å². The maximum atomic E-state index is 13.3. The van der Waals surface area contributed by atoms with Crippen LogP contribution in [-0.2, 0) is 0 Å². The van der Waals surface area contributed by atoms with Gasteiger partial charge in [-0.1, -0.05) is 36.0 Å². The van der Waals surface area contributed by atoms with Crippen LogP contribution in [0.1, 0.15) is 20.7 Å². The first-order valence-electron chi connectivity index (χ1n) is 11.2. The number of hydrogen-bond donors (Lipinski definition) is 0. The van der Waals surface area contributed by atoms with Gasteiger partial charge in [-0.2, -0.15) is 0 Å². The summed E-state index contributed by atoms with van der Waals surface area (Å²) >= 11 is 3.88. The lowest BCUT2D eigenvalue weighted by Gasteiger charge is -2.15. The topological polar surface area (TPSA) is 146 Å². The summed E-state index contributed by atoms with van der Waals surface area (Å²) in [5.74, 6) is -0.860. The van der Waals surface area contributed by atoms with Crippen LogP contribution in [0.2, 0.25) is 0 Å². The fourth-order valence-corrected chi connectivity index (χ4v) is 6.09. The van der Waals surface area contributed by atoms with Crippen molar-refractivity contribution in [2.45, 2.75) is 9.79 Å². The van der Waals surface area contributed by atoms with E-state index in [1.807, 2.05) is 0 Å². The van der Waals surface area contributed by atoms with Crippen LogP contribution in [-0.4, -0.2) is 44.5 Å². The van der Waals surface area contributed by atoms with Gasteiger partial charge < -0.3 is 0 Å². The Morgan fingerprint density at radius 1 is 0.769 bits per heavy atom. The number of carbonyl (C=O) groups is 2. The molecule has 10 nitrogen and oxygen atoms in total. The number of nitro groups is 2. The maximum absolute atomic E-state index is 13.3. The molecule has 0 aliphatic rings. The first kappa shape index (κ1) is 27.7. The van der Waals surface area contributed by atoms with Gasteiger partial charge in [0, 0.05) is 54.3 Å². The first-order valence-corrected chi connectivity index (χ1v) is 13.8. The van der Waals surface area contributed by atoms with E-state index in [9.17, 15) is 29.8 Å².